The summed E-state index contributed by atoms with van der Waals surface area (Å²) in [4.78, 5) is 11.6. The molecule has 2 aromatic carbocycles. The summed E-state index contributed by atoms with van der Waals surface area (Å²) in [6.07, 6.45) is -4.70. The number of para-hydroxylation sites is 1. The lowest BCUT2D eigenvalue weighted by Gasteiger charge is -2.19. The second-order valence-corrected chi connectivity index (χ2v) is 7.66. The summed E-state index contributed by atoms with van der Waals surface area (Å²) < 4.78 is 83.1. The third kappa shape index (κ3) is 4.78. The fourth-order valence-corrected chi connectivity index (χ4v) is 3.63. The van der Waals surface area contributed by atoms with Crippen LogP contribution in [0.2, 0.25) is 0 Å². The zero-order valence-electron chi connectivity index (χ0n) is 14.7. The molecule has 0 radical (unpaired) electrons. The average molecular weight is 420 g/mol. The number of rotatable bonds is 6. The predicted octanol–water partition coefficient (Wildman–Crippen LogP) is 3.11. The molecule has 0 aliphatic carbocycles. The highest BCUT2D eigenvalue weighted by Crippen LogP contribution is 2.34. The maximum absolute atomic E-state index is 13.5. The molecule has 2 rings (SSSR count). The Morgan fingerprint density at radius 1 is 1.18 bits per heavy atom. The SMILES string of the molecule is COc1ccc(F)cc1S(=O)(=O)N(C)CC(=O)Nc1ccccc1C(F)(F)F. The van der Waals surface area contributed by atoms with Gasteiger partial charge in [0.05, 0.1) is 24.9 Å². The van der Waals surface area contributed by atoms with Crippen LogP contribution in [0.25, 0.3) is 0 Å². The number of nitrogens with zero attached hydrogens (tertiary/aromatic N) is 1. The molecule has 28 heavy (non-hydrogen) atoms. The number of benzene rings is 2. The number of alkyl halides is 3. The van der Waals surface area contributed by atoms with Gasteiger partial charge in [-0.1, -0.05) is 12.1 Å². The lowest BCUT2D eigenvalue weighted by atomic mass is 10.1. The largest absolute Gasteiger partial charge is 0.495 e. The average Bonchev–Trinajstić information content (AvgIpc) is 2.61. The lowest BCUT2D eigenvalue weighted by molar-refractivity contribution is -0.137. The van der Waals surface area contributed by atoms with Crippen LogP contribution in [0, 0.1) is 5.82 Å². The molecule has 0 saturated carbocycles. The van der Waals surface area contributed by atoms with Crippen LogP contribution in [-0.2, 0) is 21.0 Å². The van der Waals surface area contributed by atoms with Gasteiger partial charge in [-0.25, -0.2) is 12.8 Å². The third-order valence-corrected chi connectivity index (χ3v) is 5.51. The minimum Gasteiger partial charge on any atom is -0.495 e. The molecule has 0 spiro atoms. The second-order valence-electron chi connectivity index (χ2n) is 5.65. The number of halogens is 4. The Morgan fingerprint density at radius 3 is 2.43 bits per heavy atom. The van der Waals surface area contributed by atoms with E-state index in [9.17, 15) is 30.8 Å². The van der Waals surface area contributed by atoms with Crippen molar-refractivity contribution in [2.45, 2.75) is 11.1 Å². The Morgan fingerprint density at radius 2 is 1.82 bits per heavy atom. The van der Waals surface area contributed by atoms with Gasteiger partial charge in [-0.05, 0) is 30.3 Å². The summed E-state index contributed by atoms with van der Waals surface area (Å²) in [5.41, 5.74) is -1.57. The molecule has 0 fully saturated rings. The molecule has 1 amide bonds. The highest BCUT2D eigenvalue weighted by Gasteiger charge is 2.34. The van der Waals surface area contributed by atoms with Crippen molar-refractivity contribution in [2.75, 3.05) is 26.0 Å². The fourth-order valence-electron chi connectivity index (χ4n) is 2.34. The molecule has 11 heteroatoms. The molecule has 2 aromatic rings. The van der Waals surface area contributed by atoms with Crippen LogP contribution in [0.15, 0.2) is 47.4 Å². The quantitative estimate of drug-likeness (QED) is 0.729. The summed E-state index contributed by atoms with van der Waals surface area (Å²) in [7, 11) is -2.12. The number of sulfonamides is 1. The molecule has 0 heterocycles. The van der Waals surface area contributed by atoms with Gasteiger partial charge in [0.25, 0.3) is 0 Å². The van der Waals surface area contributed by atoms with Gasteiger partial charge in [-0.15, -0.1) is 0 Å². The van der Waals surface area contributed by atoms with Crippen molar-refractivity contribution in [3.63, 3.8) is 0 Å². The van der Waals surface area contributed by atoms with Crippen molar-refractivity contribution in [2.24, 2.45) is 0 Å². The smallest absolute Gasteiger partial charge is 0.418 e. The molecule has 0 saturated heterocycles. The Bertz CT molecular complexity index is 977. The summed E-state index contributed by atoms with van der Waals surface area (Å²) in [6.45, 7) is -0.797. The van der Waals surface area contributed by atoms with E-state index in [1.165, 1.54) is 13.2 Å². The van der Waals surface area contributed by atoms with E-state index in [-0.39, 0.29) is 5.75 Å². The van der Waals surface area contributed by atoms with Crippen molar-refractivity contribution in [1.29, 1.82) is 0 Å². The van der Waals surface area contributed by atoms with E-state index in [4.69, 9.17) is 4.74 Å². The summed E-state index contributed by atoms with van der Waals surface area (Å²) in [6, 6.07) is 7.11. The highest BCUT2D eigenvalue weighted by atomic mass is 32.2. The fraction of sp³-hybridized carbons (Fsp3) is 0.235. The molecule has 0 bridgehead atoms. The zero-order valence-corrected chi connectivity index (χ0v) is 15.6. The van der Waals surface area contributed by atoms with Gasteiger partial charge < -0.3 is 10.1 Å². The van der Waals surface area contributed by atoms with Crippen LogP contribution >= 0.6 is 0 Å². The lowest BCUT2D eigenvalue weighted by Crippen LogP contribution is -2.35. The number of likely N-dealkylation sites (N-methyl/N-ethyl adjacent to an activating group) is 1. The Labute approximate surface area is 158 Å². The predicted molar refractivity (Wildman–Crippen MR) is 92.8 cm³/mol. The van der Waals surface area contributed by atoms with Gasteiger partial charge in [0.1, 0.15) is 16.5 Å². The van der Waals surface area contributed by atoms with E-state index in [1.807, 2.05) is 5.32 Å². The number of carbonyl (C=O) groups is 1. The molecule has 1 N–H and O–H groups in total. The van der Waals surface area contributed by atoms with Crippen LogP contribution in [0.3, 0.4) is 0 Å². The van der Waals surface area contributed by atoms with Gasteiger partial charge in [0, 0.05) is 7.05 Å². The molecule has 0 unspecified atom stereocenters. The number of carbonyl (C=O) groups excluding carboxylic acids is 1. The van der Waals surface area contributed by atoms with E-state index < -0.39 is 50.6 Å². The monoisotopic (exact) mass is 420 g/mol. The first kappa shape index (κ1) is 21.6. The van der Waals surface area contributed by atoms with Gasteiger partial charge in [0.2, 0.25) is 15.9 Å². The van der Waals surface area contributed by atoms with Gasteiger partial charge in [-0.2, -0.15) is 17.5 Å². The van der Waals surface area contributed by atoms with Crippen LogP contribution in [0.5, 0.6) is 5.75 Å². The second kappa shape index (κ2) is 8.15. The van der Waals surface area contributed by atoms with Crippen molar-refractivity contribution >= 4 is 21.6 Å². The van der Waals surface area contributed by atoms with E-state index in [0.29, 0.717) is 4.31 Å². The Balaban J connectivity index is 2.23. The number of hydrogen-bond acceptors (Lipinski definition) is 4. The topological polar surface area (TPSA) is 75.7 Å². The van der Waals surface area contributed by atoms with Crippen molar-refractivity contribution < 1.29 is 35.5 Å². The Hall–Kier alpha value is -2.66. The summed E-state index contributed by atoms with van der Waals surface area (Å²) >= 11 is 0. The molecular weight excluding hydrogens is 404 g/mol. The number of nitrogens with one attached hydrogen (secondary N) is 1. The van der Waals surface area contributed by atoms with Crippen LogP contribution in [0.4, 0.5) is 23.2 Å². The molecule has 0 aromatic heterocycles. The summed E-state index contributed by atoms with van der Waals surface area (Å²) in [5, 5.41) is 2.04. The van der Waals surface area contributed by atoms with Crippen LogP contribution in [-0.4, -0.2) is 39.3 Å². The Kier molecular flexibility index (Phi) is 6.30. The van der Waals surface area contributed by atoms with Crippen molar-refractivity contribution in [1.82, 2.24) is 4.31 Å². The minimum absolute atomic E-state index is 0.143. The van der Waals surface area contributed by atoms with Crippen LogP contribution < -0.4 is 10.1 Å². The normalized spacial score (nSPS) is 12.1. The first-order chi connectivity index (χ1) is 13.0. The number of amides is 1. The van der Waals surface area contributed by atoms with E-state index >= 15 is 0 Å². The number of hydrogen-bond donors (Lipinski definition) is 1. The number of anilines is 1. The maximum Gasteiger partial charge on any atom is 0.418 e. The highest BCUT2D eigenvalue weighted by molar-refractivity contribution is 7.89. The standard InChI is InChI=1S/C17H16F4N2O4S/c1-23(28(25,26)15-9-11(18)7-8-14(15)27-2)10-16(24)22-13-6-4-3-5-12(13)17(19,20)21/h3-9H,10H2,1-2H3,(H,22,24). The van der Waals surface area contributed by atoms with Gasteiger partial charge >= 0.3 is 6.18 Å². The van der Waals surface area contributed by atoms with E-state index in [1.54, 1.807) is 0 Å². The summed E-state index contributed by atoms with van der Waals surface area (Å²) in [5.74, 6) is -1.98. The van der Waals surface area contributed by atoms with Crippen molar-refractivity contribution in [3.8, 4) is 5.75 Å². The molecule has 6 nitrogen and oxygen atoms in total. The molecule has 0 atom stereocenters. The van der Waals surface area contributed by atoms with Gasteiger partial charge in [-0.3, -0.25) is 4.79 Å². The molecule has 152 valence electrons. The van der Waals surface area contributed by atoms with Gasteiger partial charge in [0.15, 0.2) is 0 Å². The van der Waals surface area contributed by atoms with E-state index in [2.05, 4.69) is 0 Å². The van der Waals surface area contributed by atoms with E-state index in [0.717, 1.165) is 43.4 Å². The molecule has 0 aliphatic heterocycles. The van der Waals surface area contributed by atoms with Crippen molar-refractivity contribution in [3.05, 3.63) is 53.8 Å². The third-order valence-electron chi connectivity index (χ3n) is 3.69. The van der Waals surface area contributed by atoms with Crippen LogP contribution in [0.1, 0.15) is 5.56 Å². The molecule has 0 aliphatic rings. The first-order valence-corrected chi connectivity index (χ1v) is 9.16. The zero-order chi connectivity index (χ0) is 21.1. The minimum atomic E-state index is -4.70. The number of methoxy groups -OCH3 is 1. The number of ether oxygens (including phenoxy) is 1. The maximum atomic E-state index is 13.5. The molecular formula is C17H16F4N2O4S. The first-order valence-electron chi connectivity index (χ1n) is 7.72.